The maximum Gasteiger partial charge on any atom is 0.242 e. The fraction of sp³-hybridized carbons (Fsp3) is 0.800. The van der Waals surface area contributed by atoms with Crippen LogP contribution in [0, 0.1) is 0 Å². The van der Waals surface area contributed by atoms with E-state index in [2.05, 4.69) is 10.6 Å². The second-order valence-electron chi connectivity index (χ2n) is 3.70. The van der Waals surface area contributed by atoms with Crippen molar-refractivity contribution in [2.24, 2.45) is 0 Å². The summed E-state index contributed by atoms with van der Waals surface area (Å²) >= 11 is 0. The van der Waals surface area contributed by atoms with Crippen LogP contribution in [0.4, 0.5) is 0 Å². The number of hydrogen-bond donors (Lipinski definition) is 3. The topological polar surface area (TPSA) is 78.4 Å². The van der Waals surface area contributed by atoms with Crippen LogP contribution >= 0.6 is 0 Å². The molecule has 5 heteroatoms. The average molecular weight is 216 g/mol. The molecule has 5 nitrogen and oxygen atoms in total. The van der Waals surface area contributed by atoms with Gasteiger partial charge in [0.15, 0.2) is 0 Å². The smallest absolute Gasteiger partial charge is 0.242 e. The first-order chi connectivity index (χ1) is 6.93. The minimum absolute atomic E-state index is 0.198. The first kappa shape index (κ1) is 13.9. The van der Waals surface area contributed by atoms with E-state index in [1.54, 1.807) is 13.8 Å². The molecule has 3 N–H and O–H groups in total. The van der Waals surface area contributed by atoms with Gasteiger partial charge in [0.05, 0.1) is 6.10 Å². The van der Waals surface area contributed by atoms with Crippen LogP contribution in [0.5, 0.6) is 0 Å². The van der Waals surface area contributed by atoms with Crippen LogP contribution in [-0.2, 0) is 9.59 Å². The first-order valence-corrected chi connectivity index (χ1v) is 5.16. The molecule has 0 aromatic carbocycles. The van der Waals surface area contributed by atoms with Crippen molar-refractivity contribution in [3.8, 4) is 0 Å². The molecule has 2 atom stereocenters. The lowest BCUT2D eigenvalue weighted by Gasteiger charge is -2.12. The number of carbonyl (C=O) groups is 2. The van der Waals surface area contributed by atoms with Gasteiger partial charge >= 0.3 is 0 Å². The maximum absolute atomic E-state index is 11.3. The molecule has 0 fully saturated rings. The van der Waals surface area contributed by atoms with E-state index in [4.69, 9.17) is 5.11 Å². The van der Waals surface area contributed by atoms with Crippen LogP contribution in [0.15, 0.2) is 0 Å². The number of nitrogens with one attached hydrogen (secondary N) is 2. The Morgan fingerprint density at radius 1 is 1.33 bits per heavy atom. The van der Waals surface area contributed by atoms with Gasteiger partial charge in [-0.3, -0.25) is 9.59 Å². The summed E-state index contributed by atoms with van der Waals surface area (Å²) in [6.07, 6.45) is 1.06. The van der Waals surface area contributed by atoms with E-state index in [0.29, 0.717) is 13.0 Å². The first-order valence-electron chi connectivity index (χ1n) is 5.16. The minimum atomic E-state index is -0.506. The monoisotopic (exact) mass is 216 g/mol. The molecule has 0 aliphatic heterocycles. The zero-order chi connectivity index (χ0) is 11.8. The van der Waals surface area contributed by atoms with Gasteiger partial charge in [0.25, 0.3) is 0 Å². The zero-order valence-electron chi connectivity index (χ0n) is 9.54. The van der Waals surface area contributed by atoms with Crippen LogP contribution < -0.4 is 10.6 Å². The van der Waals surface area contributed by atoms with Gasteiger partial charge in [0.2, 0.25) is 11.8 Å². The maximum atomic E-state index is 11.3. The molecule has 2 unspecified atom stereocenters. The standard InChI is InChI=1S/C10H20N2O3/c1-7(13)5-4-6-11-10(15)8(2)12-9(3)14/h7-8,13H,4-6H2,1-3H3,(H,11,15)(H,12,14). The van der Waals surface area contributed by atoms with Gasteiger partial charge in [-0.15, -0.1) is 0 Å². The number of amides is 2. The van der Waals surface area contributed by atoms with Crippen molar-refractivity contribution in [2.45, 2.75) is 45.8 Å². The molecule has 15 heavy (non-hydrogen) atoms. The molecule has 0 bridgehead atoms. The molecule has 2 amide bonds. The molecule has 0 spiro atoms. The van der Waals surface area contributed by atoms with Gasteiger partial charge in [0, 0.05) is 13.5 Å². The van der Waals surface area contributed by atoms with Crippen molar-refractivity contribution >= 4 is 11.8 Å². The van der Waals surface area contributed by atoms with Crippen molar-refractivity contribution in [1.82, 2.24) is 10.6 Å². The summed E-state index contributed by atoms with van der Waals surface area (Å²) in [5.41, 5.74) is 0. The van der Waals surface area contributed by atoms with E-state index in [-0.39, 0.29) is 17.9 Å². The summed E-state index contributed by atoms with van der Waals surface area (Å²) in [7, 11) is 0. The number of aliphatic hydroxyl groups is 1. The van der Waals surface area contributed by atoms with Gasteiger partial charge in [-0.1, -0.05) is 0 Å². The predicted octanol–water partition coefficient (Wildman–Crippen LogP) is -0.212. The highest BCUT2D eigenvalue weighted by atomic mass is 16.3. The van der Waals surface area contributed by atoms with Gasteiger partial charge in [0.1, 0.15) is 6.04 Å². The summed E-state index contributed by atoms with van der Waals surface area (Å²) in [4.78, 5) is 22.0. The van der Waals surface area contributed by atoms with E-state index < -0.39 is 6.04 Å². The van der Waals surface area contributed by atoms with Crippen LogP contribution in [0.25, 0.3) is 0 Å². The van der Waals surface area contributed by atoms with Crippen molar-refractivity contribution in [3.63, 3.8) is 0 Å². The molecule has 0 aromatic rings. The zero-order valence-corrected chi connectivity index (χ0v) is 9.54. The highest BCUT2D eigenvalue weighted by molar-refractivity contribution is 5.86. The Bertz CT molecular complexity index is 217. The molecule has 88 valence electrons. The van der Waals surface area contributed by atoms with E-state index >= 15 is 0 Å². The fourth-order valence-corrected chi connectivity index (χ4v) is 1.13. The van der Waals surface area contributed by atoms with Crippen LogP contribution in [0.2, 0.25) is 0 Å². The van der Waals surface area contributed by atoms with E-state index in [1.807, 2.05) is 0 Å². The van der Waals surface area contributed by atoms with Gasteiger partial charge < -0.3 is 15.7 Å². The summed E-state index contributed by atoms with van der Waals surface area (Å²) in [5.74, 6) is -0.419. The highest BCUT2D eigenvalue weighted by Crippen LogP contribution is 1.93. The van der Waals surface area contributed by atoms with Crippen molar-refractivity contribution in [3.05, 3.63) is 0 Å². The normalized spacial score (nSPS) is 14.1. The molecule has 0 saturated heterocycles. The average Bonchev–Trinajstić information content (AvgIpc) is 2.10. The number of hydrogen-bond acceptors (Lipinski definition) is 3. The molecule has 0 heterocycles. The van der Waals surface area contributed by atoms with Crippen LogP contribution in [0.1, 0.15) is 33.6 Å². The van der Waals surface area contributed by atoms with Crippen LogP contribution in [-0.4, -0.2) is 35.6 Å². The summed E-state index contributed by atoms with van der Waals surface area (Å²) < 4.78 is 0. The summed E-state index contributed by atoms with van der Waals surface area (Å²) in [5, 5.41) is 14.1. The number of aliphatic hydroxyl groups excluding tert-OH is 1. The van der Waals surface area contributed by atoms with Gasteiger partial charge in [-0.2, -0.15) is 0 Å². The summed E-state index contributed by atoms with van der Waals surface area (Å²) in [6, 6.07) is -0.506. The van der Waals surface area contributed by atoms with E-state index in [0.717, 1.165) is 6.42 Å². The van der Waals surface area contributed by atoms with E-state index in [9.17, 15) is 9.59 Å². The molecular formula is C10H20N2O3. The lowest BCUT2D eigenvalue weighted by Crippen LogP contribution is -2.44. The Morgan fingerprint density at radius 3 is 2.40 bits per heavy atom. The third-order valence-corrected chi connectivity index (χ3v) is 1.91. The van der Waals surface area contributed by atoms with E-state index in [1.165, 1.54) is 6.92 Å². The third kappa shape index (κ3) is 7.93. The molecule has 0 aliphatic carbocycles. The van der Waals surface area contributed by atoms with Crippen molar-refractivity contribution in [1.29, 1.82) is 0 Å². The SMILES string of the molecule is CC(=O)NC(C)C(=O)NCCCC(C)O. The van der Waals surface area contributed by atoms with Crippen molar-refractivity contribution < 1.29 is 14.7 Å². The van der Waals surface area contributed by atoms with Gasteiger partial charge in [-0.25, -0.2) is 0 Å². The minimum Gasteiger partial charge on any atom is -0.393 e. The molecular weight excluding hydrogens is 196 g/mol. The lowest BCUT2D eigenvalue weighted by atomic mass is 10.2. The largest absolute Gasteiger partial charge is 0.393 e. The highest BCUT2D eigenvalue weighted by Gasteiger charge is 2.12. The number of carbonyl (C=O) groups excluding carboxylic acids is 2. The quantitative estimate of drug-likeness (QED) is 0.537. The van der Waals surface area contributed by atoms with Crippen LogP contribution in [0.3, 0.4) is 0 Å². The molecule has 0 rings (SSSR count). The second kappa shape index (κ2) is 7.23. The Morgan fingerprint density at radius 2 is 1.93 bits per heavy atom. The molecule has 0 radical (unpaired) electrons. The Balaban J connectivity index is 3.60. The Labute approximate surface area is 90.2 Å². The predicted molar refractivity (Wildman–Crippen MR) is 57.2 cm³/mol. The molecule has 0 aliphatic rings. The lowest BCUT2D eigenvalue weighted by molar-refractivity contribution is -0.127. The summed E-state index contributed by atoms with van der Waals surface area (Å²) in [6.45, 7) is 5.23. The van der Waals surface area contributed by atoms with Crippen molar-refractivity contribution in [2.75, 3.05) is 6.54 Å². The fourth-order valence-electron chi connectivity index (χ4n) is 1.13. The Hall–Kier alpha value is -1.10. The number of rotatable bonds is 6. The second-order valence-corrected chi connectivity index (χ2v) is 3.70. The third-order valence-electron chi connectivity index (χ3n) is 1.91. The van der Waals surface area contributed by atoms with Gasteiger partial charge in [-0.05, 0) is 26.7 Å². The Kier molecular flexibility index (Phi) is 6.70. The molecule has 0 aromatic heterocycles. The molecule has 0 saturated carbocycles.